The van der Waals surface area contributed by atoms with Gasteiger partial charge in [-0.25, -0.2) is 4.79 Å². The van der Waals surface area contributed by atoms with E-state index in [0.717, 1.165) is 0 Å². The minimum atomic E-state index is -0.282. The highest BCUT2D eigenvalue weighted by Gasteiger charge is 2.12. The van der Waals surface area contributed by atoms with Crippen molar-refractivity contribution in [2.75, 3.05) is 6.61 Å². The molecule has 0 saturated heterocycles. The van der Waals surface area contributed by atoms with Crippen LogP contribution in [0.4, 0.5) is 0 Å². The van der Waals surface area contributed by atoms with Gasteiger partial charge in [0.2, 0.25) is 0 Å². The van der Waals surface area contributed by atoms with Crippen molar-refractivity contribution in [2.45, 2.75) is 6.92 Å². The monoisotopic (exact) mass is 165 g/mol. The maximum absolute atomic E-state index is 10.9. The van der Waals surface area contributed by atoms with Crippen LogP contribution >= 0.6 is 0 Å². The molecule has 0 aromatic rings. The minimum absolute atomic E-state index is 0.282. The van der Waals surface area contributed by atoms with Gasteiger partial charge in [-0.15, -0.1) is 0 Å². The Morgan fingerprint density at radius 3 is 3.00 bits per heavy atom. The van der Waals surface area contributed by atoms with E-state index in [1.54, 1.807) is 24.3 Å². The van der Waals surface area contributed by atoms with Crippen molar-refractivity contribution in [1.82, 2.24) is 0 Å². The van der Waals surface area contributed by atoms with Gasteiger partial charge in [-0.05, 0) is 25.2 Å². The molecule has 3 nitrogen and oxygen atoms in total. The molecule has 0 bridgehead atoms. The van der Waals surface area contributed by atoms with Crippen molar-refractivity contribution in [2.24, 2.45) is 5.73 Å². The van der Waals surface area contributed by atoms with E-state index in [-0.39, 0.29) is 5.97 Å². The topological polar surface area (TPSA) is 52.3 Å². The highest BCUT2D eigenvalue weighted by atomic mass is 16.5. The molecule has 0 unspecified atom stereocenters. The van der Waals surface area contributed by atoms with E-state index in [1.807, 2.05) is 6.92 Å². The zero-order chi connectivity index (χ0) is 8.97. The smallest absolute Gasteiger partial charge is 0.338 e. The minimum Gasteiger partial charge on any atom is -0.458 e. The fraction of sp³-hybridized carbons (Fsp3) is 0.222. The van der Waals surface area contributed by atoms with Gasteiger partial charge in [0.05, 0.1) is 5.57 Å². The van der Waals surface area contributed by atoms with E-state index in [4.69, 9.17) is 5.73 Å². The number of carbonyl (C=O) groups excluding carboxylic acids is 1. The number of cyclic esters (lactones) is 1. The number of hydrogen-bond donors (Lipinski definition) is 1. The predicted molar refractivity (Wildman–Crippen MR) is 46.1 cm³/mol. The van der Waals surface area contributed by atoms with Gasteiger partial charge < -0.3 is 10.5 Å². The number of hydrogen-bond acceptors (Lipinski definition) is 3. The summed E-state index contributed by atoms with van der Waals surface area (Å²) in [6.07, 6.45) is 6.82. The van der Waals surface area contributed by atoms with Gasteiger partial charge in [-0.2, -0.15) is 0 Å². The van der Waals surface area contributed by atoms with Crippen LogP contribution in [0.5, 0.6) is 0 Å². The first-order chi connectivity index (χ1) is 5.74. The van der Waals surface area contributed by atoms with Crippen molar-refractivity contribution < 1.29 is 9.53 Å². The summed E-state index contributed by atoms with van der Waals surface area (Å²) < 4.78 is 4.69. The summed E-state index contributed by atoms with van der Waals surface area (Å²) in [5.74, 6) is -0.282. The van der Waals surface area contributed by atoms with Gasteiger partial charge in [-0.1, -0.05) is 6.08 Å². The zero-order valence-electron chi connectivity index (χ0n) is 6.91. The van der Waals surface area contributed by atoms with E-state index in [1.165, 1.54) is 0 Å². The molecule has 1 aliphatic heterocycles. The Balaban J connectivity index is 2.62. The number of esters is 1. The lowest BCUT2D eigenvalue weighted by Gasteiger charge is -1.91. The lowest BCUT2D eigenvalue weighted by Crippen LogP contribution is -1.97. The second-order valence-electron chi connectivity index (χ2n) is 2.38. The lowest BCUT2D eigenvalue weighted by atomic mass is 10.2. The van der Waals surface area contributed by atoms with Crippen LogP contribution in [-0.4, -0.2) is 12.6 Å². The summed E-state index contributed by atoms with van der Waals surface area (Å²) in [7, 11) is 0. The van der Waals surface area contributed by atoms with Gasteiger partial charge in [0.1, 0.15) is 6.61 Å². The molecule has 0 aromatic carbocycles. The molecular weight excluding hydrogens is 154 g/mol. The summed E-state index contributed by atoms with van der Waals surface area (Å²) in [6.45, 7) is 2.20. The Morgan fingerprint density at radius 1 is 1.75 bits per heavy atom. The van der Waals surface area contributed by atoms with Crippen LogP contribution in [0, 0.1) is 0 Å². The molecule has 0 aliphatic carbocycles. The Morgan fingerprint density at radius 2 is 2.50 bits per heavy atom. The maximum Gasteiger partial charge on any atom is 0.338 e. The molecule has 1 rings (SSSR count). The number of carbonyl (C=O) groups is 1. The maximum atomic E-state index is 10.9. The van der Waals surface area contributed by atoms with Crippen LogP contribution in [-0.2, 0) is 9.53 Å². The SMILES string of the molecule is C/C=C(N)\C=C/C1=CCOC1=O. The average Bonchev–Trinajstić information content (AvgIpc) is 2.47. The molecule has 0 radical (unpaired) electrons. The van der Waals surface area contributed by atoms with Gasteiger partial charge in [-0.3, -0.25) is 0 Å². The first-order valence-corrected chi connectivity index (χ1v) is 3.71. The van der Waals surface area contributed by atoms with Gasteiger partial charge in [0.15, 0.2) is 0 Å². The second-order valence-corrected chi connectivity index (χ2v) is 2.38. The molecule has 0 atom stereocenters. The molecule has 3 heteroatoms. The van der Waals surface area contributed by atoms with Gasteiger partial charge in [0.25, 0.3) is 0 Å². The van der Waals surface area contributed by atoms with E-state index >= 15 is 0 Å². The molecule has 0 fully saturated rings. The van der Waals surface area contributed by atoms with Crippen LogP contribution in [0.3, 0.4) is 0 Å². The molecule has 0 aromatic heterocycles. The summed E-state index contributed by atoms with van der Waals surface area (Å²) in [6, 6.07) is 0. The molecule has 1 aliphatic rings. The highest BCUT2D eigenvalue weighted by Crippen LogP contribution is 2.08. The summed E-state index contributed by atoms with van der Waals surface area (Å²) in [5.41, 5.74) is 6.70. The largest absolute Gasteiger partial charge is 0.458 e. The summed E-state index contributed by atoms with van der Waals surface area (Å²) >= 11 is 0. The first-order valence-electron chi connectivity index (χ1n) is 3.71. The van der Waals surface area contributed by atoms with Crippen molar-refractivity contribution in [3.05, 3.63) is 35.6 Å². The molecule has 1 heterocycles. The Kier molecular flexibility index (Phi) is 2.69. The van der Waals surface area contributed by atoms with Crippen LogP contribution in [0.25, 0.3) is 0 Å². The fourth-order valence-electron chi connectivity index (χ4n) is 0.792. The third-order valence-electron chi connectivity index (χ3n) is 1.54. The number of allylic oxidation sites excluding steroid dienone is 2. The van der Waals surface area contributed by atoms with Crippen molar-refractivity contribution in [3.8, 4) is 0 Å². The van der Waals surface area contributed by atoms with E-state index in [0.29, 0.717) is 17.9 Å². The number of ether oxygens (including phenoxy) is 1. The molecule has 0 amide bonds. The van der Waals surface area contributed by atoms with Crippen molar-refractivity contribution >= 4 is 5.97 Å². The second kappa shape index (κ2) is 3.76. The van der Waals surface area contributed by atoms with Crippen LogP contribution in [0.15, 0.2) is 35.6 Å². The molecule has 64 valence electrons. The summed E-state index contributed by atoms with van der Waals surface area (Å²) in [5, 5.41) is 0. The molecule has 0 saturated carbocycles. The summed E-state index contributed by atoms with van der Waals surface area (Å²) in [4.78, 5) is 10.9. The quantitative estimate of drug-likeness (QED) is 0.488. The Bertz CT molecular complexity index is 274. The normalized spacial score (nSPS) is 18.2. The fourth-order valence-corrected chi connectivity index (χ4v) is 0.792. The van der Waals surface area contributed by atoms with Gasteiger partial charge >= 0.3 is 5.97 Å². The molecule has 12 heavy (non-hydrogen) atoms. The first kappa shape index (κ1) is 8.59. The van der Waals surface area contributed by atoms with Crippen LogP contribution in [0.1, 0.15) is 6.92 Å². The van der Waals surface area contributed by atoms with Crippen LogP contribution < -0.4 is 5.73 Å². The van der Waals surface area contributed by atoms with E-state index in [2.05, 4.69) is 4.74 Å². The lowest BCUT2D eigenvalue weighted by molar-refractivity contribution is -0.135. The number of rotatable bonds is 2. The highest BCUT2D eigenvalue weighted by molar-refractivity contribution is 5.93. The van der Waals surface area contributed by atoms with Gasteiger partial charge in [0, 0.05) is 5.70 Å². The molecular formula is C9H11NO2. The van der Waals surface area contributed by atoms with Crippen molar-refractivity contribution in [3.63, 3.8) is 0 Å². The molecule has 0 spiro atoms. The van der Waals surface area contributed by atoms with Crippen molar-refractivity contribution in [1.29, 1.82) is 0 Å². The third-order valence-corrected chi connectivity index (χ3v) is 1.54. The third kappa shape index (κ3) is 1.99. The molecule has 2 N–H and O–H groups in total. The zero-order valence-corrected chi connectivity index (χ0v) is 6.91. The standard InChI is InChI=1S/C9H11NO2/c1-2-8(10)4-3-7-5-6-12-9(7)11/h2-5H,6,10H2,1H3/b4-3-,8-2+. The number of nitrogens with two attached hydrogens (primary N) is 1. The Hall–Kier alpha value is -1.51. The predicted octanol–water partition coefficient (Wildman–Crippen LogP) is 0.888. The Labute approximate surface area is 71.2 Å². The van der Waals surface area contributed by atoms with Crippen LogP contribution in [0.2, 0.25) is 0 Å². The average molecular weight is 165 g/mol. The van der Waals surface area contributed by atoms with E-state index in [9.17, 15) is 4.79 Å². The van der Waals surface area contributed by atoms with E-state index < -0.39 is 0 Å².